The molecule has 1 aliphatic heterocycles. The Morgan fingerprint density at radius 2 is 1.82 bits per heavy atom. The average Bonchev–Trinajstić information content (AvgIpc) is 3.55. The molecule has 1 aliphatic rings. The molecule has 6 nitrogen and oxygen atoms in total. The van der Waals surface area contributed by atoms with Crippen molar-refractivity contribution < 1.29 is 9.53 Å². The second kappa shape index (κ2) is 9.73. The Kier molecular flexibility index (Phi) is 6.36. The Morgan fingerprint density at radius 1 is 1.00 bits per heavy atom. The molecule has 1 fully saturated rings. The number of rotatable bonds is 6. The number of hydrogen-bond donors (Lipinski definition) is 0. The first-order valence-electron chi connectivity index (χ1n) is 11.6. The van der Waals surface area contributed by atoms with Crippen molar-refractivity contribution in [1.29, 1.82) is 0 Å². The van der Waals surface area contributed by atoms with Crippen LogP contribution in [0.3, 0.4) is 0 Å². The van der Waals surface area contributed by atoms with Crippen molar-refractivity contribution in [1.82, 2.24) is 14.7 Å². The predicted molar refractivity (Wildman–Crippen MR) is 137 cm³/mol. The summed E-state index contributed by atoms with van der Waals surface area (Å²) >= 11 is 1.63. The van der Waals surface area contributed by atoms with E-state index in [0.717, 1.165) is 46.3 Å². The van der Waals surface area contributed by atoms with Gasteiger partial charge in [-0.2, -0.15) is 5.10 Å². The molecule has 1 amide bonds. The Hall–Kier alpha value is -3.58. The zero-order chi connectivity index (χ0) is 23.5. The van der Waals surface area contributed by atoms with Gasteiger partial charge in [-0.1, -0.05) is 30.3 Å². The van der Waals surface area contributed by atoms with E-state index in [9.17, 15) is 4.79 Å². The molecule has 0 N–H and O–H groups in total. The molecule has 0 atom stereocenters. The number of ether oxygens (including phenoxy) is 1. The molecule has 0 saturated carbocycles. The zero-order valence-electron chi connectivity index (χ0n) is 19.5. The lowest BCUT2D eigenvalue weighted by Gasteiger charge is -2.36. The molecule has 5 rings (SSSR count). The van der Waals surface area contributed by atoms with Gasteiger partial charge >= 0.3 is 0 Å². The fraction of sp³-hybridized carbons (Fsp3) is 0.259. The maximum atomic E-state index is 13.7. The first-order chi connectivity index (χ1) is 16.6. The minimum atomic E-state index is 0.00885. The molecule has 0 aliphatic carbocycles. The molecule has 0 unspecified atom stereocenters. The fourth-order valence-electron chi connectivity index (χ4n) is 4.34. The van der Waals surface area contributed by atoms with Crippen LogP contribution in [0, 0.1) is 6.92 Å². The van der Waals surface area contributed by atoms with Crippen molar-refractivity contribution in [2.45, 2.75) is 13.8 Å². The van der Waals surface area contributed by atoms with Crippen LogP contribution in [0.5, 0.6) is 5.75 Å². The summed E-state index contributed by atoms with van der Waals surface area (Å²) in [6.45, 7) is 7.48. The molecule has 0 spiro atoms. The van der Waals surface area contributed by atoms with Crippen molar-refractivity contribution in [2.75, 3.05) is 37.7 Å². The molecule has 174 valence electrons. The standard InChI is InChI=1S/C27H28N4O2S/c1-3-33-25-11-5-4-10-23(25)29-13-15-30(16-14-29)27(32)24-19-22(26-12-7-17-34-26)28-31(24)21-9-6-8-20(2)18-21/h4-12,17-19H,3,13-16H2,1-2H3. The van der Waals surface area contributed by atoms with Gasteiger partial charge in [0, 0.05) is 26.2 Å². The lowest BCUT2D eigenvalue weighted by Crippen LogP contribution is -2.49. The molecule has 2 aromatic carbocycles. The van der Waals surface area contributed by atoms with Gasteiger partial charge in [0.15, 0.2) is 0 Å². The summed E-state index contributed by atoms with van der Waals surface area (Å²) in [6.07, 6.45) is 0. The number of thiophene rings is 1. The van der Waals surface area contributed by atoms with Crippen LogP contribution in [0.2, 0.25) is 0 Å². The Morgan fingerprint density at radius 3 is 2.56 bits per heavy atom. The minimum Gasteiger partial charge on any atom is -0.492 e. The first-order valence-corrected chi connectivity index (χ1v) is 12.5. The number of aryl methyl sites for hydroxylation is 1. The van der Waals surface area contributed by atoms with E-state index in [1.807, 2.05) is 78.7 Å². The van der Waals surface area contributed by atoms with Crippen LogP contribution >= 0.6 is 11.3 Å². The first kappa shape index (κ1) is 22.2. The van der Waals surface area contributed by atoms with Gasteiger partial charge in [0.25, 0.3) is 5.91 Å². The number of para-hydroxylation sites is 2. The van der Waals surface area contributed by atoms with E-state index in [0.29, 0.717) is 25.4 Å². The van der Waals surface area contributed by atoms with Gasteiger partial charge in [0.2, 0.25) is 0 Å². The maximum absolute atomic E-state index is 13.7. The number of anilines is 1. The van der Waals surface area contributed by atoms with E-state index < -0.39 is 0 Å². The molecule has 3 heterocycles. The summed E-state index contributed by atoms with van der Waals surface area (Å²) in [4.78, 5) is 19.0. The van der Waals surface area contributed by atoms with Crippen molar-refractivity contribution >= 4 is 22.9 Å². The molecule has 7 heteroatoms. The Balaban J connectivity index is 1.40. The third kappa shape index (κ3) is 4.43. The van der Waals surface area contributed by atoms with E-state index in [1.54, 1.807) is 16.0 Å². The highest BCUT2D eigenvalue weighted by Crippen LogP contribution is 2.30. The van der Waals surface area contributed by atoms with Gasteiger partial charge < -0.3 is 14.5 Å². The van der Waals surface area contributed by atoms with Crippen LogP contribution in [-0.2, 0) is 0 Å². The normalized spacial score (nSPS) is 13.8. The fourth-order valence-corrected chi connectivity index (χ4v) is 5.02. The van der Waals surface area contributed by atoms with E-state index in [2.05, 4.69) is 17.0 Å². The molecule has 0 bridgehead atoms. The second-order valence-corrected chi connectivity index (χ2v) is 9.27. The average molecular weight is 473 g/mol. The number of piperazine rings is 1. The SMILES string of the molecule is CCOc1ccccc1N1CCN(C(=O)c2cc(-c3cccs3)nn2-c2cccc(C)c2)CC1. The summed E-state index contributed by atoms with van der Waals surface area (Å²) in [5.41, 5.74) is 4.53. The summed E-state index contributed by atoms with van der Waals surface area (Å²) in [5, 5.41) is 6.86. The van der Waals surface area contributed by atoms with Crippen LogP contribution < -0.4 is 9.64 Å². The van der Waals surface area contributed by atoms with Gasteiger partial charge in [0.05, 0.1) is 22.9 Å². The molecule has 0 radical (unpaired) electrons. The maximum Gasteiger partial charge on any atom is 0.272 e. The second-order valence-electron chi connectivity index (χ2n) is 8.32. The van der Waals surface area contributed by atoms with Crippen LogP contribution in [0.4, 0.5) is 5.69 Å². The monoisotopic (exact) mass is 472 g/mol. The van der Waals surface area contributed by atoms with Crippen LogP contribution in [0.25, 0.3) is 16.3 Å². The van der Waals surface area contributed by atoms with Crippen molar-refractivity contribution in [3.63, 3.8) is 0 Å². The molecule has 34 heavy (non-hydrogen) atoms. The highest BCUT2D eigenvalue weighted by Gasteiger charge is 2.27. The lowest BCUT2D eigenvalue weighted by molar-refractivity contribution is 0.0737. The number of carbonyl (C=O) groups excluding carboxylic acids is 1. The van der Waals surface area contributed by atoms with Crippen LogP contribution in [0.15, 0.2) is 72.1 Å². The van der Waals surface area contributed by atoms with Gasteiger partial charge in [-0.15, -0.1) is 11.3 Å². The molecular weight excluding hydrogens is 444 g/mol. The van der Waals surface area contributed by atoms with Crippen molar-refractivity contribution in [3.05, 3.63) is 83.4 Å². The van der Waals surface area contributed by atoms with Gasteiger partial charge in [-0.3, -0.25) is 4.79 Å². The predicted octanol–water partition coefficient (Wildman–Crippen LogP) is 5.27. The Labute approximate surface area is 204 Å². The van der Waals surface area contributed by atoms with E-state index >= 15 is 0 Å². The number of hydrogen-bond acceptors (Lipinski definition) is 5. The van der Waals surface area contributed by atoms with Gasteiger partial charge in [0.1, 0.15) is 17.1 Å². The van der Waals surface area contributed by atoms with Crippen molar-refractivity contribution in [3.8, 4) is 22.0 Å². The summed E-state index contributed by atoms with van der Waals surface area (Å²) in [7, 11) is 0. The Bertz CT molecular complexity index is 1270. The third-order valence-corrected chi connectivity index (χ3v) is 6.91. The lowest BCUT2D eigenvalue weighted by atomic mass is 10.2. The number of amides is 1. The number of benzene rings is 2. The number of nitrogens with zero attached hydrogens (tertiary/aromatic N) is 4. The van der Waals surface area contributed by atoms with E-state index in [-0.39, 0.29) is 5.91 Å². The van der Waals surface area contributed by atoms with E-state index in [1.165, 1.54) is 0 Å². The third-order valence-electron chi connectivity index (χ3n) is 6.02. The molecule has 2 aromatic heterocycles. The molecular formula is C27H28N4O2S. The zero-order valence-corrected chi connectivity index (χ0v) is 20.3. The van der Waals surface area contributed by atoms with Crippen LogP contribution in [0.1, 0.15) is 23.0 Å². The minimum absolute atomic E-state index is 0.00885. The smallest absolute Gasteiger partial charge is 0.272 e. The van der Waals surface area contributed by atoms with Crippen LogP contribution in [-0.4, -0.2) is 53.4 Å². The van der Waals surface area contributed by atoms with Crippen molar-refractivity contribution in [2.24, 2.45) is 0 Å². The highest BCUT2D eigenvalue weighted by molar-refractivity contribution is 7.13. The van der Waals surface area contributed by atoms with Gasteiger partial charge in [-0.05, 0) is 61.2 Å². The molecule has 1 saturated heterocycles. The quantitative estimate of drug-likeness (QED) is 0.384. The summed E-state index contributed by atoms with van der Waals surface area (Å²) in [6, 6.07) is 22.2. The van der Waals surface area contributed by atoms with Gasteiger partial charge in [-0.25, -0.2) is 4.68 Å². The number of carbonyl (C=O) groups is 1. The largest absolute Gasteiger partial charge is 0.492 e. The number of aromatic nitrogens is 2. The topological polar surface area (TPSA) is 50.6 Å². The highest BCUT2D eigenvalue weighted by atomic mass is 32.1. The summed E-state index contributed by atoms with van der Waals surface area (Å²) < 4.78 is 7.61. The summed E-state index contributed by atoms with van der Waals surface area (Å²) in [5.74, 6) is 0.900. The van der Waals surface area contributed by atoms with E-state index in [4.69, 9.17) is 9.84 Å². The molecule has 4 aromatic rings.